The van der Waals surface area contributed by atoms with Crippen LogP contribution in [0.1, 0.15) is 29.6 Å². The third-order valence-corrected chi connectivity index (χ3v) is 3.46. The lowest BCUT2D eigenvalue weighted by Gasteiger charge is -2.08. The Hall–Kier alpha value is -1.61. The molecule has 1 aromatic carbocycles. The van der Waals surface area contributed by atoms with Gasteiger partial charge in [-0.2, -0.15) is 0 Å². The number of halogens is 1. The predicted octanol–water partition coefficient (Wildman–Crippen LogP) is 3.60. The molecule has 2 rings (SSSR count). The molecule has 0 aliphatic rings. The van der Waals surface area contributed by atoms with Crippen molar-refractivity contribution < 1.29 is 4.74 Å². The summed E-state index contributed by atoms with van der Waals surface area (Å²) in [5.41, 5.74) is 3.13. The molecule has 0 atom stereocenters. The number of hydrogen-bond donors (Lipinski definition) is 0. The van der Waals surface area contributed by atoms with Crippen LogP contribution in [0, 0.1) is 6.92 Å². The number of aryl methyl sites for hydroxylation is 1. The smallest absolute Gasteiger partial charge is 0.135 e. The van der Waals surface area contributed by atoms with Gasteiger partial charge in [-0.25, -0.2) is 9.97 Å². The zero-order valence-electron chi connectivity index (χ0n) is 11.4. The fourth-order valence-corrected chi connectivity index (χ4v) is 2.14. The Morgan fingerprint density at radius 1 is 1.16 bits per heavy atom. The topological polar surface area (TPSA) is 35.0 Å². The highest BCUT2D eigenvalue weighted by molar-refractivity contribution is 6.30. The second-order valence-electron chi connectivity index (χ2n) is 4.38. The highest BCUT2D eigenvalue weighted by Crippen LogP contribution is 2.18. The van der Waals surface area contributed by atoms with Crippen LogP contribution in [-0.4, -0.2) is 17.1 Å². The first-order chi connectivity index (χ1) is 9.13. The molecule has 0 bridgehead atoms. The van der Waals surface area contributed by atoms with Gasteiger partial charge >= 0.3 is 0 Å². The van der Waals surface area contributed by atoms with Gasteiger partial charge < -0.3 is 4.74 Å². The van der Waals surface area contributed by atoms with Crippen molar-refractivity contribution in [3.05, 3.63) is 52.1 Å². The lowest BCUT2D eigenvalue weighted by atomic mass is 10.1. The van der Waals surface area contributed by atoms with E-state index in [2.05, 4.69) is 16.9 Å². The van der Waals surface area contributed by atoms with Gasteiger partial charge in [0, 0.05) is 17.7 Å². The molecule has 0 saturated carbocycles. The van der Waals surface area contributed by atoms with E-state index in [9.17, 15) is 0 Å². The Labute approximate surface area is 118 Å². The van der Waals surface area contributed by atoms with Crippen molar-refractivity contribution in [2.75, 3.05) is 7.11 Å². The van der Waals surface area contributed by atoms with Crippen LogP contribution in [0.15, 0.2) is 24.3 Å². The van der Waals surface area contributed by atoms with Crippen LogP contribution in [0.4, 0.5) is 0 Å². The van der Waals surface area contributed by atoms with Crippen LogP contribution in [0.3, 0.4) is 0 Å². The average molecular weight is 277 g/mol. The van der Waals surface area contributed by atoms with Gasteiger partial charge in [-0.1, -0.05) is 30.7 Å². The number of methoxy groups -OCH3 is 1. The SMILES string of the molecule is CCc1nc(Cc2ccc(OC)cc2)nc(Cl)c1C. The lowest BCUT2D eigenvalue weighted by molar-refractivity contribution is 0.414. The molecule has 0 fully saturated rings. The maximum atomic E-state index is 6.14. The van der Waals surface area contributed by atoms with E-state index in [0.29, 0.717) is 11.6 Å². The number of rotatable bonds is 4. The molecule has 0 radical (unpaired) electrons. The van der Waals surface area contributed by atoms with E-state index in [1.54, 1.807) is 7.11 Å². The Balaban J connectivity index is 2.25. The minimum Gasteiger partial charge on any atom is -0.497 e. The van der Waals surface area contributed by atoms with E-state index < -0.39 is 0 Å². The third-order valence-electron chi connectivity index (χ3n) is 3.09. The van der Waals surface area contributed by atoms with Crippen molar-refractivity contribution in [3.63, 3.8) is 0 Å². The second kappa shape index (κ2) is 6.02. The maximum absolute atomic E-state index is 6.14. The quantitative estimate of drug-likeness (QED) is 0.801. The highest BCUT2D eigenvalue weighted by atomic mass is 35.5. The summed E-state index contributed by atoms with van der Waals surface area (Å²) in [6.45, 7) is 4.03. The van der Waals surface area contributed by atoms with Gasteiger partial charge in [0.15, 0.2) is 0 Å². The molecule has 3 nitrogen and oxygen atoms in total. The molecule has 1 aromatic heterocycles. The Kier molecular flexibility index (Phi) is 4.38. The van der Waals surface area contributed by atoms with Crippen LogP contribution in [-0.2, 0) is 12.8 Å². The van der Waals surface area contributed by atoms with Gasteiger partial charge in [-0.15, -0.1) is 0 Å². The van der Waals surface area contributed by atoms with Gasteiger partial charge in [0.25, 0.3) is 0 Å². The van der Waals surface area contributed by atoms with Crippen molar-refractivity contribution in [1.82, 2.24) is 9.97 Å². The fraction of sp³-hybridized carbons (Fsp3) is 0.333. The molecular formula is C15H17ClN2O. The molecule has 0 saturated heterocycles. The van der Waals surface area contributed by atoms with E-state index in [1.165, 1.54) is 0 Å². The molecule has 0 unspecified atom stereocenters. The summed E-state index contributed by atoms with van der Waals surface area (Å²) < 4.78 is 5.14. The van der Waals surface area contributed by atoms with E-state index >= 15 is 0 Å². The molecular weight excluding hydrogens is 260 g/mol. The minimum absolute atomic E-state index is 0.551. The zero-order chi connectivity index (χ0) is 13.8. The zero-order valence-corrected chi connectivity index (χ0v) is 12.2. The number of nitrogens with zero attached hydrogens (tertiary/aromatic N) is 2. The molecule has 0 amide bonds. The molecule has 100 valence electrons. The third kappa shape index (κ3) is 3.24. The fourth-order valence-electron chi connectivity index (χ4n) is 1.93. The van der Waals surface area contributed by atoms with Crippen molar-refractivity contribution >= 4 is 11.6 Å². The molecule has 1 heterocycles. The summed E-state index contributed by atoms with van der Waals surface area (Å²) in [5.74, 6) is 1.61. The van der Waals surface area contributed by atoms with Crippen LogP contribution in [0.25, 0.3) is 0 Å². The average Bonchev–Trinajstić information content (AvgIpc) is 2.43. The van der Waals surface area contributed by atoms with E-state index in [1.807, 2.05) is 31.2 Å². The van der Waals surface area contributed by atoms with Crippen LogP contribution < -0.4 is 4.74 Å². The standard InChI is InChI=1S/C15H17ClN2O/c1-4-13-10(2)15(16)18-14(17-13)9-11-5-7-12(19-3)8-6-11/h5-8H,4,9H2,1-3H3. The molecule has 0 N–H and O–H groups in total. The van der Waals surface area contributed by atoms with Crippen molar-refractivity contribution in [3.8, 4) is 5.75 Å². The Bertz CT molecular complexity index is 567. The van der Waals surface area contributed by atoms with Gasteiger partial charge in [0.1, 0.15) is 16.7 Å². The van der Waals surface area contributed by atoms with E-state index in [-0.39, 0.29) is 0 Å². The monoisotopic (exact) mass is 276 g/mol. The Morgan fingerprint density at radius 2 is 1.84 bits per heavy atom. The summed E-state index contributed by atoms with van der Waals surface area (Å²) in [7, 11) is 1.66. The minimum atomic E-state index is 0.551. The first-order valence-corrected chi connectivity index (χ1v) is 6.66. The van der Waals surface area contributed by atoms with Gasteiger partial charge in [-0.3, -0.25) is 0 Å². The summed E-state index contributed by atoms with van der Waals surface area (Å²) in [5, 5.41) is 0.551. The molecule has 4 heteroatoms. The van der Waals surface area contributed by atoms with Gasteiger partial charge in [-0.05, 0) is 31.0 Å². The summed E-state index contributed by atoms with van der Waals surface area (Å²) in [6, 6.07) is 7.90. The maximum Gasteiger partial charge on any atom is 0.135 e. The highest BCUT2D eigenvalue weighted by Gasteiger charge is 2.08. The molecule has 19 heavy (non-hydrogen) atoms. The largest absolute Gasteiger partial charge is 0.497 e. The summed E-state index contributed by atoms with van der Waals surface area (Å²) in [6.07, 6.45) is 1.54. The number of benzene rings is 1. The normalized spacial score (nSPS) is 10.5. The van der Waals surface area contributed by atoms with Crippen molar-refractivity contribution in [2.24, 2.45) is 0 Å². The molecule has 0 aliphatic heterocycles. The number of aromatic nitrogens is 2. The van der Waals surface area contributed by atoms with E-state index in [4.69, 9.17) is 16.3 Å². The van der Waals surface area contributed by atoms with Crippen LogP contribution in [0.2, 0.25) is 5.15 Å². The molecule has 2 aromatic rings. The Morgan fingerprint density at radius 3 is 2.42 bits per heavy atom. The first-order valence-electron chi connectivity index (χ1n) is 6.28. The van der Waals surface area contributed by atoms with Gasteiger partial charge in [0.05, 0.1) is 7.11 Å². The van der Waals surface area contributed by atoms with Gasteiger partial charge in [0.2, 0.25) is 0 Å². The second-order valence-corrected chi connectivity index (χ2v) is 4.74. The summed E-state index contributed by atoms with van der Waals surface area (Å²) in [4.78, 5) is 8.90. The van der Waals surface area contributed by atoms with Crippen molar-refractivity contribution in [2.45, 2.75) is 26.7 Å². The molecule has 0 spiro atoms. The predicted molar refractivity (Wildman–Crippen MR) is 77.0 cm³/mol. The first kappa shape index (κ1) is 13.8. The lowest BCUT2D eigenvalue weighted by Crippen LogP contribution is -2.03. The van der Waals surface area contributed by atoms with Crippen LogP contribution >= 0.6 is 11.6 Å². The van der Waals surface area contributed by atoms with Crippen molar-refractivity contribution in [1.29, 1.82) is 0 Å². The van der Waals surface area contributed by atoms with Crippen LogP contribution in [0.5, 0.6) is 5.75 Å². The summed E-state index contributed by atoms with van der Waals surface area (Å²) >= 11 is 6.14. The van der Waals surface area contributed by atoms with E-state index in [0.717, 1.165) is 34.8 Å². The number of hydrogen-bond acceptors (Lipinski definition) is 3. The molecule has 0 aliphatic carbocycles. The number of ether oxygens (including phenoxy) is 1.